The van der Waals surface area contributed by atoms with Crippen LogP contribution in [0.15, 0.2) is 42.7 Å². The van der Waals surface area contributed by atoms with Crippen LogP contribution in [0.5, 0.6) is 0 Å². The van der Waals surface area contributed by atoms with Crippen molar-refractivity contribution in [2.45, 2.75) is 26.3 Å². The zero-order valence-corrected chi connectivity index (χ0v) is 15.7. The van der Waals surface area contributed by atoms with E-state index in [-0.39, 0.29) is 12.6 Å². The summed E-state index contributed by atoms with van der Waals surface area (Å²) in [6.45, 7) is 4.82. The van der Waals surface area contributed by atoms with E-state index in [4.69, 9.17) is 4.74 Å². The van der Waals surface area contributed by atoms with Crippen molar-refractivity contribution in [3.8, 4) is 0 Å². The van der Waals surface area contributed by atoms with Gasteiger partial charge in [-0.2, -0.15) is 5.10 Å². The predicted molar refractivity (Wildman–Crippen MR) is 101 cm³/mol. The van der Waals surface area contributed by atoms with E-state index < -0.39 is 17.6 Å². The monoisotopic (exact) mass is 385 g/mol. The van der Waals surface area contributed by atoms with Crippen molar-refractivity contribution in [3.05, 3.63) is 65.5 Å². The topological polar surface area (TPSA) is 46.8 Å². The van der Waals surface area contributed by atoms with Crippen LogP contribution in [-0.4, -0.2) is 28.7 Å². The second kappa shape index (κ2) is 7.22. The van der Waals surface area contributed by atoms with Crippen LogP contribution in [0.2, 0.25) is 0 Å². The number of ether oxygens (including phenoxy) is 1. The standard InChI is InChI=1S/C21H21F2N3O2/c1-3-28-21(27)17-11-24-26-7-6-15(10-20(17)26)25-12-13(2)8-19(25)16-9-14(22)4-5-18(16)23/h4-7,9-11,13,19H,3,8,12H2,1-2H3/t13-,19+/m1/s1. The van der Waals surface area contributed by atoms with Gasteiger partial charge in [-0.1, -0.05) is 6.92 Å². The van der Waals surface area contributed by atoms with Gasteiger partial charge < -0.3 is 9.64 Å². The molecule has 3 heterocycles. The molecule has 0 aliphatic carbocycles. The molecule has 2 aromatic heterocycles. The zero-order chi connectivity index (χ0) is 19.8. The number of hydrogen-bond acceptors (Lipinski definition) is 4. The Kier molecular flexibility index (Phi) is 4.75. The average molecular weight is 385 g/mol. The van der Waals surface area contributed by atoms with E-state index in [0.29, 0.717) is 29.1 Å². The number of rotatable bonds is 4. The minimum absolute atomic E-state index is 0.276. The molecule has 1 aliphatic heterocycles. The first kappa shape index (κ1) is 18.4. The van der Waals surface area contributed by atoms with Gasteiger partial charge in [0, 0.05) is 24.0 Å². The van der Waals surface area contributed by atoms with Gasteiger partial charge in [-0.3, -0.25) is 0 Å². The molecule has 28 heavy (non-hydrogen) atoms. The summed E-state index contributed by atoms with van der Waals surface area (Å²) in [4.78, 5) is 14.3. The Morgan fingerprint density at radius 2 is 2.11 bits per heavy atom. The molecule has 1 saturated heterocycles. The number of anilines is 1. The number of hydrogen-bond donors (Lipinski definition) is 0. The van der Waals surface area contributed by atoms with E-state index >= 15 is 0 Å². The molecule has 5 nitrogen and oxygen atoms in total. The third-order valence-electron chi connectivity index (χ3n) is 5.16. The Balaban J connectivity index is 1.76. The van der Waals surface area contributed by atoms with Crippen LogP contribution in [-0.2, 0) is 4.74 Å². The highest BCUT2D eigenvalue weighted by Crippen LogP contribution is 2.40. The molecule has 0 radical (unpaired) electrons. The lowest BCUT2D eigenvalue weighted by atomic mass is 10.00. The fourth-order valence-electron chi connectivity index (χ4n) is 3.91. The quantitative estimate of drug-likeness (QED) is 0.626. The Morgan fingerprint density at radius 3 is 2.89 bits per heavy atom. The number of carbonyl (C=O) groups is 1. The number of nitrogens with zero attached hydrogens (tertiary/aromatic N) is 3. The van der Waals surface area contributed by atoms with Gasteiger partial charge in [0.15, 0.2) is 0 Å². The Hall–Kier alpha value is -2.96. The maximum atomic E-state index is 14.4. The highest BCUT2D eigenvalue weighted by atomic mass is 19.1. The summed E-state index contributed by atoms with van der Waals surface area (Å²) in [6.07, 6.45) is 3.96. The minimum Gasteiger partial charge on any atom is -0.462 e. The van der Waals surface area contributed by atoms with Gasteiger partial charge in [0.1, 0.15) is 17.2 Å². The van der Waals surface area contributed by atoms with Crippen molar-refractivity contribution in [1.29, 1.82) is 0 Å². The molecule has 0 amide bonds. The molecule has 3 aromatic rings. The van der Waals surface area contributed by atoms with Gasteiger partial charge in [0.25, 0.3) is 0 Å². The summed E-state index contributed by atoms with van der Waals surface area (Å²) >= 11 is 0. The SMILES string of the molecule is CCOC(=O)c1cnn2ccc(N3C[C@H](C)C[C@H]3c3cc(F)ccc3F)cc12. The summed E-state index contributed by atoms with van der Waals surface area (Å²) in [5, 5.41) is 4.20. The van der Waals surface area contributed by atoms with Crippen LogP contribution in [0.1, 0.15) is 42.2 Å². The summed E-state index contributed by atoms with van der Waals surface area (Å²) in [5.74, 6) is -0.981. The fourth-order valence-corrected chi connectivity index (χ4v) is 3.91. The highest BCUT2D eigenvalue weighted by molar-refractivity contribution is 5.97. The van der Waals surface area contributed by atoms with Gasteiger partial charge in [0.05, 0.1) is 24.4 Å². The zero-order valence-electron chi connectivity index (χ0n) is 15.7. The number of fused-ring (bicyclic) bond motifs is 1. The van der Waals surface area contributed by atoms with Crippen molar-refractivity contribution in [2.75, 3.05) is 18.1 Å². The smallest absolute Gasteiger partial charge is 0.341 e. The molecule has 1 aromatic carbocycles. The van der Waals surface area contributed by atoms with Gasteiger partial charge in [-0.05, 0) is 49.6 Å². The molecule has 0 N–H and O–H groups in total. The molecule has 0 saturated carbocycles. The number of carbonyl (C=O) groups excluding carboxylic acids is 1. The molecular formula is C21H21F2N3O2. The van der Waals surface area contributed by atoms with Crippen LogP contribution in [0, 0.1) is 17.6 Å². The molecule has 0 unspecified atom stereocenters. The number of esters is 1. The van der Waals surface area contributed by atoms with Gasteiger partial charge in [0.2, 0.25) is 0 Å². The second-order valence-electron chi connectivity index (χ2n) is 7.17. The van der Waals surface area contributed by atoms with E-state index in [2.05, 4.69) is 16.9 Å². The third-order valence-corrected chi connectivity index (χ3v) is 5.16. The number of benzene rings is 1. The van der Waals surface area contributed by atoms with Crippen LogP contribution < -0.4 is 4.90 Å². The highest BCUT2D eigenvalue weighted by Gasteiger charge is 2.33. The first-order valence-electron chi connectivity index (χ1n) is 9.34. The largest absolute Gasteiger partial charge is 0.462 e. The third kappa shape index (κ3) is 3.21. The van der Waals surface area contributed by atoms with E-state index in [9.17, 15) is 13.6 Å². The lowest BCUT2D eigenvalue weighted by Gasteiger charge is -2.27. The first-order chi connectivity index (χ1) is 13.5. The van der Waals surface area contributed by atoms with Crippen LogP contribution >= 0.6 is 0 Å². The number of halogens is 2. The van der Waals surface area contributed by atoms with E-state index in [1.165, 1.54) is 18.3 Å². The van der Waals surface area contributed by atoms with Crippen molar-refractivity contribution >= 4 is 17.2 Å². The molecule has 2 atom stereocenters. The van der Waals surface area contributed by atoms with Gasteiger partial charge in [-0.15, -0.1) is 0 Å². The molecule has 1 fully saturated rings. The van der Waals surface area contributed by atoms with Crippen LogP contribution in [0.25, 0.3) is 5.52 Å². The molecule has 146 valence electrons. The summed E-state index contributed by atoms with van der Waals surface area (Å²) in [5.41, 5.74) is 2.18. The lowest BCUT2D eigenvalue weighted by molar-refractivity contribution is 0.0528. The molecule has 0 spiro atoms. The minimum atomic E-state index is -0.452. The average Bonchev–Trinajstić information content (AvgIpc) is 3.26. The maximum Gasteiger partial charge on any atom is 0.341 e. The first-order valence-corrected chi connectivity index (χ1v) is 9.34. The van der Waals surface area contributed by atoms with Gasteiger partial charge >= 0.3 is 5.97 Å². The van der Waals surface area contributed by atoms with Crippen molar-refractivity contribution in [1.82, 2.24) is 9.61 Å². The fraction of sp³-hybridized carbons (Fsp3) is 0.333. The summed E-state index contributed by atoms with van der Waals surface area (Å²) in [7, 11) is 0. The Bertz CT molecular complexity index is 1030. The molecule has 7 heteroatoms. The molecule has 4 rings (SSSR count). The van der Waals surface area contributed by atoms with Crippen LogP contribution in [0.4, 0.5) is 14.5 Å². The normalized spacial score (nSPS) is 19.4. The Labute approximate surface area is 161 Å². The van der Waals surface area contributed by atoms with Crippen LogP contribution in [0.3, 0.4) is 0 Å². The molecule has 1 aliphatic rings. The summed E-state index contributed by atoms with van der Waals surface area (Å²) < 4.78 is 34.9. The number of aromatic nitrogens is 2. The predicted octanol–water partition coefficient (Wildman–Crippen LogP) is 4.38. The van der Waals surface area contributed by atoms with Crippen molar-refractivity contribution < 1.29 is 18.3 Å². The van der Waals surface area contributed by atoms with Crippen molar-refractivity contribution in [3.63, 3.8) is 0 Å². The lowest BCUT2D eigenvalue weighted by Crippen LogP contribution is -2.24. The van der Waals surface area contributed by atoms with Gasteiger partial charge in [-0.25, -0.2) is 18.1 Å². The van der Waals surface area contributed by atoms with Crippen molar-refractivity contribution in [2.24, 2.45) is 5.92 Å². The second-order valence-corrected chi connectivity index (χ2v) is 7.17. The number of pyridine rings is 1. The Morgan fingerprint density at radius 1 is 1.29 bits per heavy atom. The maximum absolute atomic E-state index is 14.4. The summed E-state index contributed by atoms with van der Waals surface area (Å²) in [6, 6.07) is 7.02. The van der Waals surface area contributed by atoms with E-state index in [1.54, 1.807) is 17.6 Å². The van der Waals surface area contributed by atoms with E-state index in [1.807, 2.05) is 12.1 Å². The molecule has 0 bridgehead atoms. The van der Waals surface area contributed by atoms with E-state index in [0.717, 1.165) is 18.2 Å². The molecular weight excluding hydrogens is 364 g/mol.